The van der Waals surface area contributed by atoms with Crippen molar-refractivity contribution >= 4 is 6.03 Å². The minimum atomic E-state index is -0.243. The number of ether oxygens (including phenoxy) is 1. The monoisotopic (exact) mass is 298 g/mol. The molecule has 0 unspecified atom stereocenters. The van der Waals surface area contributed by atoms with E-state index in [2.05, 4.69) is 17.6 Å². The third-order valence-corrected chi connectivity index (χ3v) is 3.65. The van der Waals surface area contributed by atoms with Crippen LogP contribution in [0.1, 0.15) is 22.3 Å². The molecule has 0 saturated heterocycles. The normalized spacial score (nSPS) is 10.1. The number of amides is 2. The summed E-state index contributed by atoms with van der Waals surface area (Å²) in [7, 11) is 0. The Morgan fingerprint density at radius 1 is 0.955 bits per heavy atom. The maximum Gasteiger partial charge on any atom is 0.317 e. The molecule has 116 valence electrons. The predicted octanol–water partition coefficient (Wildman–Crippen LogP) is 3.45. The van der Waals surface area contributed by atoms with E-state index in [1.54, 1.807) is 0 Å². The minimum Gasteiger partial charge on any atom is -0.473 e. The van der Waals surface area contributed by atoms with Crippen LogP contribution >= 0.6 is 0 Å². The van der Waals surface area contributed by atoms with Crippen LogP contribution in [0.3, 0.4) is 0 Å². The van der Waals surface area contributed by atoms with Crippen molar-refractivity contribution in [2.75, 3.05) is 6.73 Å². The van der Waals surface area contributed by atoms with E-state index in [-0.39, 0.29) is 12.8 Å². The Kier molecular flexibility index (Phi) is 5.42. The van der Waals surface area contributed by atoms with Crippen LogP contribution < -0.4 is 15.4 Å². The number of carbonyl (C=O) groups excluding carboxylic acids is 1. The van der Waals surface area contributed by atoms with Crippen molar-refractivity contribution in [1.82, 2.24) is 10.6 Å². The summed E-state index contributed by atoms with van der Waals surface area (Å²) in [5.41, 5.74) is 4.65. The third kappa shape index (κ3) is 4.52. The number of carbonyl (C=O) groups is 1. The molecule has 2 rings (SSSR count). The van der Waals surface area contributed by atoms with Gasteiger partial charge < -0.3 is 15.4 Å². The molecule has 0 aliphatic heterocycles. The Morgan fingerprint density at radius 2 is 1.73 bits per heavy atom. The van der Waals surface area contributed by atoms with E-state index < -0.39 is 0 Å². The molecule has 0 aromatic heterocycles. The first-order chi connectivity index (χ1) is 10.6. The SMILES string of the molecule is Cc1ccc(OCNC(=O)NCc2ccccc2C)cc1C. The molecule has 22 heavy (non-hydrogen) atoms. The second-order valence-electron chi connectivity index (χ2n) is 5.32. The first kappa shape index (κ1) is 15.9. The lowest BCUT2D eigenvalue weighted by Gasteiger charge is -2.11. The Balaban J connectivity index is 1.74. The largest absolute Gasteiger partial charge is 0.473 e. The molecule has 2 aromatic rings. The highest BCUT2D eigenvalue weighted by molar-refractivity contribution is 5.73. The lowest BCUT2D eigenvalue weighted by molar-refractivity contribution is 0.223. The number of hydrogen-bond donors (Lipinski definition) is 2. The maximum absolute atomic E-state index is 11.7. The van der Waals surface area contributed by atoms with Gasteiger partial charge in [-0.1, -0.05) is 30.3 Å². The van der Waals surface area contributed by atoms with Gasteiger partial charge in [-0.15, -0.1) is 0 Å². The van der Waals surface area contributed by atoms with Gasteiger partial charge in [0.15, 0.2) is 6.73 Å². The number of hydrogen-bond acceptors (Lipinski definition) is 2. The highest BCUT2D eigenvalue weighted by Gasteiger charge is 2.02. The Hall–Kier alpha value is -2.49. The van der Waals surface area contributed by atoms with Gasteiger partial charge in [-0.2, -0.15) is 0 Å². The molecular weight excluding hydrogens is 276 g/mol. The predicted molar refractivity (Wildman–Crippen MR) is 88.0 cm³/mol. The van der Waals surface area contributed by atoms with E-state index >= 15 is 0 Å². The van der Waals surface area contributed by atoms with Crippen LogP contribution in [0.4, 0.5) is 4.79 Å². The van der Waals surface area contributed by atoms with Crippen LogP contribution in [0.5, 0.6) is 5.75 Å². The lowest BCUT2D eigenvalue weighted by atomic mass is 10.1. The fraction of sp³-hybridized carbons (Fsp3) is 0.278. The van der Waals surface area contributed by atoms with Crippen LogP contribution in [0.2, 0.25) is 0 Å². The van der Waals surface area contributed by atoms with Crippen LogP contribution in [0, 0.1) is 20.8 Å². The average Bonchev–Trinajstić information content (AvgIpc) is 2.50. The third-order valence-electron chi connectivity index (χ3n) is 3.65. The summed E-state index contributed by atoms with van der Waals surface area (Å²) < 4.78 is 5.52. The van der Waals surface area contributed by atoms with E-state index in [9.17, 15) is 4.79 Å². The van der Waals surface area contributed by atoms with Crippen molar-refractivity contribution in [3.8, 4) is 5.75 Å². The van der Waals surface area contributed by atoms with E-state index in [1.807, 2.05) is 56.3 Å². The van der Waals surface area contributed by atoms with Crippen molar-refractivity contribution < 1.29 is 9.53 Å². The molecule has 0 spiro atoms. The topological polar surface area (TPSA) is 50.4 Å². The van der Waals surface area contributed by atoms with Gasteiger partial charge in [-0.3, -0.25) is 0 Å². The van der Waals surface area contributed by atoms with E-state index in [1.165, 1.54) is 11.1 Å². The average molecular weight is 298 g/mol. The van der Waals surface area contributed by atoms with E-state index in [0.717, 1.165) is 16.9 Å². The van der Waals surface area contributed by atoms with Crippen molar-refractivity contribution in [3.05, 3.63) is 64.7 Å². The van der Waals surface area contributed by atoms with Crippen LogP contribution in [-0.2, 0) is 6.54 Å². The number of aryl methyl sites for hydroxylation is 3. The van der Waals surface area contributed by atoms with Crippen LogP contribution in [-0.4, -0.2) is 12.8 Å². The zero-order chi connectivity index (χ0) is 15.9. The zero-order valence-corrected chi connectivity index (χ0v) is 13.3. The number of rotatable bonds is 5. The van der Waals surface area contributed by atoms with Gasteiger partial charge in [0.25, 0.3) is 0 Å². The Morgan fingerprint density at radius 3 is 2.45 bits per heavy atom. The summed E-state index contributed by atoms with van der Waals surface area (Å²) in [6.07, 6.45) is 0. The van der Waals surface area contributed by atoms with Crippen molar-refractivity contribution in [1.29, 1.82) is 0 Å². The smallest absolute Gasteiger partial charge is 0.317 e. The molecule has 0 heterocycles. The van der Waals surface area contributed by atoms with Gasteiger partial charge in [0.05, 0.1) is 0 Å². The van der Waals surface area contributed by atoms with Gasteiger partial charge in [-0.25, -0.2) is 4.79 Å². The molecule has 0 bridgehead atoms. The summed E-state index contributed by atoms with van der Waals surface area (Å²) >= 11 is 0. The molecule has 4 heteroatoms. The van der Waals surface area contributed by atoms with E-state index in [4.69, 9.17) is 4.74 Å². The van der Waals surface area contributed by atoms with Gasteiger partial charge in [-0.05, 0) is 55.2 Å². The Labute approximate surface area is 131 Å². The lowest BCUT2D eigenvalue weighted by Crippen LogP contribution is -2.37. The molecule has 0 aliphatic carbocycles. The van der Waals surface area contributed by atoms with Crippen molar-refractivity contribution in [2.24, 2.45) is 0 Å². The van der Waals surface area contributed by atoms with Crippen LogP contribution in [0.25, 0.3) is 0 Å². The van der Waals surface area contributed by atoms with Gasteiger partial charge in [0, 0.05) is 6.54 Å². The molecule has 2 amide bonds. The van der Waals surface area contributed by atoms with Gasteiger partial charge >= 0.3 is 6.03 Å². The van der Waals surface area contributed by atoms with Crippen molar-refractivity contribution in [2.45, 2.75) is 27.3 Å². The fourth-order valence-corrected chi connectivity index (χ4v) is 2.04. The molecule has 0 fully saturated rings. The van der Waals surface area contributed by atoms with Crippen LogP contribution in [0.15, 0.2) is 42.5 Å². The molecule has 0 atom stereocenters. The maximum atomic E-state index is 11.7. The number of nitrogens with one attached hydrogen (secondary N) is 2. The molecule has 2 aromatic carbocycles. The number of benzene rings is 2. The molecule has 0 aliphatic rings. The van der Waals surface area contributed by atoms with Gasteiger partial charge in [0.2, 0.25) is 0 Å². The van der Waals surface area contributed by atoms with Crippen molar-refractivity contribution in [3.63, 3.8) is 0 Å². The highest BCUT2D eigenvalue weighted by atomic mass is 16.5. The summed E-state index contributed by atoms with van der Waals surface area (Å²) in [4.78, 5) is 11.7. The Bertz CT molecular complexity index is 653. The molecule has 0 radical (unpaired) electrons. The summed E-state index contributed by atoms with van der Waals surface area (Å²) in [6, 6.07) is 13.6. The minimum absolute atomic E-state index is 0.141. The van der Waals surface area contributed by atoms with Gasteiger partial charge in [0.1, 0.15) is 5.75 Å². The first-order valence-corrected chi connectivity index (χ1v) is 7.32. The summed E-state index contributed by atoms with van der Waals surface area (Å²) in [6.45, 7) is 6.75. The summed E-state index contributed by atoms with van der Waals surface area (Å²) in [5.74, 6) is 0.752. The first-order valence-electron chi connectivity index (χ1n) is 7.32. The fourth-order valence-electron chi connectivity index (χ4n) is 2.04. The second-order valence-corrected chi connectivity index (χ2v) is 5.32. The quantitative estimate of drug-likeness (QED) is 0.831. The molecule has 2 N–H and O–H groups in total. The second kappa shape index (κ2) is 7.50. The number of urea groups is 1. The zero-order valence-electron chi connectivity index (χ0n) is 13.3. The molecule has 0 saturated carbocycles. The summed E-state index contributed by atoms with van der Waals surface area (Å²) in [5, 5.41) is 5.50. The van der Waals surface area contributed by atoms with E-state index in [0.29, 0.717) is 6.54 Å². The molecule has 4 nitrogen and oxygen atoms in total. The highest BCUT2D eigenvalue weighted by Crippen LogP contribution is 2.15. The standard InChI is InChI=1S/C18H22N2O2/c1-13-8-9-17(10-15(13)3)22-12-20-18(21)19-11-16-7-5-4-6-14(16)2/h4-10H,11-12H2,1-3H3,(H2,19,20,21). The molecular formula is C18H22N2O2.